The molecule has 2 fully saturated rings. The number of halogens is 1. The predicted molar refractivity (Wildman–Crippen MR) is 83.3 cm³/mol. The van der Waals surface area contributed by atoms with E-state index in [4.69, 9.17) is 4.74 Å². The molecule has 20 heavy (non-hydrogen) atoms. The van der Waals surface area contributed by atoms with Crippen LogP contribution in [-0.4, -0.2) is 49.7 Å². The molecule has 2 heterocycles. The van der Waals surface area contributed by atoms with Crippen LogP contribution in [0.4, 0.5) is 0 Å². The minimum Gasteiger partial charge on any atom is -0.368 e. The molecular weight excluding hydrogens is 276 g/mol. The first-order chi connectivity index (χ1) is 8.99. The molecule has 2 aliphatic heterocycles. The van der Waals surface area contributed by atoms with Gasteiger partial charge in [0.15, 0.2) is 0 Å². The van der Waals surface area contributed by atoms with Crippen LogP contribution in [0, 0.1) is 5.41 Å². The quantitative estimate of drug-likeness (QED) is 0.850. The van der Waals surface area contributed by atoms with Crippen molar-refractivity contribution in [3.8, 4) is 0 Å². The average molecular weight is 305 g/mol. The number of amides is 1. The van der Waals surface area contributed by atoms with Crippen molar-refractivity contribution in [2.45, 2.75) is 51.6 Å². The number of hydrogen-bond donors (Lipinski definition) is 1. The third-order valence-electron chi connectivity index (χ3n) is 4.82. The first kappa shape index (κ1) is 17.7. The van der Waals surface area contributed by atoms with Gasteiger partial charge in [-0.05, 0) is 50.6 Å². The topological polar surface area (TPSA) is 41.6 Å². The molecule has 1 amide bonds. The van der Waals surface area contributed by atoms with Crippen LogP contribution in [0.5, 0.6) is 0 Å². The lowest BCUT2D eigenvalue weighted by molar-refractivity contribution is -0.158. The van der Waals surface area contributed by atoms with E-state index in [1.807, 2.05) is 4.90 Å². The van der Waals surface area contributed by atoms with Crippen molar-refractivity contribution in [1.29, 1.82) is 0 Å². The van der Waals surface area contributed by atoms with Crippen LogP contribution in [-0.2, 0) is 9.53 Å². The number of hydrogen-bond acceptors (Lipinski definition) is 3. The van der Waals surface area contributed by atoms with Crippen LogP contribution < -0.4 is 5.32 Å². The molecule has 0 aromatic heterocycles. The summed E-state index contributed by atoms with van der Waals surface area (Å²) in [5.74, 6) is 0.217. The highest BCUT2D eigenvalue weighted by molar-refractivity contribution is 5.85. The maximum absolute atomic E-state index is 12.8. The average Bonchev–Trinajstić information content (AvgIpc) is 2.59. The fourth-order valence-corrected chi connectivity index (χ4v) is 3.25. The fourth-order valence-electron chi connectivity index (χ4n) is 3.25. The summed E-state index contributed by atoms with van der Waals surface area (Å²) in [5.41, 5.74) is -0.205. The second kappa shape index (κ2) is 7.10. The summed E-state index contributed by atoms with van der Waals surface area (Å²) in [7, 11) is 1.69. The Balaban J connectivity index is 0.00000200. The van der Waals surface area contributed by atoms with E-state index in [1.165, 1.54) is 6.42 Å². The van der Waals surface area contributed by atoms with Gasteiger partial charge < -0.3 is 15.0 Å². The van der Waals surface area contributed by atoms with E-state index in [9.17, 15) is 4.79 Å². The van der Waals surface area contributed by atoms with Crippen LogP contribution >= 0.6 is 12.4 Å². The zero-order chi connectivity index (χ0) is 13.9. The van der Waals surface area contributed by atoms with Gasteiger partial charge >= 0.3 is 0 Å². The van der Waals surface area contributed by atoms with Gasteiger partial charge in [-0.1, -0.05) is 13.8 Å². The van der Waals surface area contributed by atoms with E-state index in [1.54, 1.807) is 7.11 Å². The van der Waals surface area contributed by atoms with Gasteiger partial charge in [0, 0.05) is 20.2 Å². The normalized spacial score (nSPS) is 25.4. The first-order valence-corrected chi connectivity index (χ1v) is 7.54. The summed E-state index contributed by atoms with van der Waals surface area (Å²) in [6.45, 7) is 8.12. The van der Waals surface area contributed by atoms with Gasteiger partial charge in [0.2, 0.25) is 0 Å². The highest BCUT2D eigenvalue weighted by Crippen LogP contribution is 2.32. The summed E-state index contributed by atoms with van der Waals surface area (Å²) in [6, 6.07) is 0. The van der Waals surface area contributed by atoms with Crippen molar-refractivity contribution in [1.82, 2.24) is 10.2 Å². The number of rotatable bonds is 2. The van der Waals surface area contributed by atoms with Gasteiger partial charge in [0.25, 0.3) is 5.91 Å². The van der Waals surface area contributed by atoms with Crippen molar-refractivity contribution in [2.75, 3.05) is 33.3 Å². The molecule has 0 saturated carbocycles. The molecule has 4 nitrogen and oxygen atoms in total. The standard InChI is InChI=1S/C15H28N2O2.ClH/c1-14(2)5-4-11-17(12-8-14)13(18)15(19-3)6-9-16-10-7-15;/h16H,4-12H2,1-3H3;1H. The second-order valence-electron chi connectivity index (χ2n) is 6.76. The van der Waals surface area contributed by atoms with Crippen molar-refractivity contribution in [3.63, 3.8) is 0 Å². The summed E-state index contributed by atoms with van der Waals surface area (Å²) in [6.07, 6.45) is 5.00. The van der Waals surface area contributed by atoms with Gasteiger partial charge in [0.05, 0.1) is 0 Å². The molecule has 0 aromatic rings. The summed E-state index contributed by atoms with van der Waals surface area (Å²) >= 11 is 0. The maximum atomic E-state index is 12.8. The Bertz CT molecular complexity index is 328. The Morgan fingerprint density at radius 3 is 2.35 bits per heavy atom. The van der Waals surface area contributed by atoms with Crippen molar-refractivity contribution in [3.05, 3.63) is 0 Å². The molecular formula is C15H29ClN2O2. The molecule has 0 spiro atoms. The zero-order valence-corrected chi connectivity index (χ0v) is 13.9. The molecule has 0 aromatic carbocycles. The van der Waals surface area contributed by atoms with E-state index in [2.05, 4.69) is 19.2 Å². The molecule has 0 unspecified atom stereocenters. The second-order valence-corrected chi connectivity index (χ2v) is 6.76. The number of piperidine rings is 1. The van der Waals surface area contributed by atoms with Crippen molar-refractivity contribution in [2.24, 2.45) is 5.41 Å². The fraction of sp³-hybridized carbons (Fsp3) is 0.933. The molecule has 0 radical (unpaired) electrons. The number of likely N-dealkylation sites (tertiary alicyclic amines) is 1. The molecule has 0 atom stereocenters. The zero-order valence-electron chi connectivity index (χ0n) is 13.0. The Kier molecular flexibility index (Phi) is 6.29. The number of ether oxygens (including phenoxy) is 1. The van der Waals surface area contributed by atoms with E-state index < -0.39 is 5.60 Å². The van der Waals surface area contributed by atoms with Crippen molar-refractivity contribution < 1.29 is 9.53 Å². The highest BCUT2D eigenvalue weighted by Gasteiger charge is 2.42. The Morgan fingerprint density at radius 1 is 1.10 bits per heavy atom. The summed E-state index contributed by atoms with van der Waals surface area (Å²) < 4.78 is 5.66. The monoisotopic (exact) mass is 304 g/mol. The van der Waals surface area contributed by atoms with E-state index >= 15 is 0 Å². The molecule has 118 valence electrons. The first-order valence-electron chi connectivity index (χ1n) is 7.54. The lowest BCUT2D eigenvalue weighted by atomic mass is 9.85. The van der Waals surface area contributed by atoms with Crippen LogP contribution in [0.15, 0.2) is 0 Å². The third-order valence-corrected chi connectivity index (χ3v) is 4.82. The Hall–Kier alpha value is -0.320. The lowest BCUT2D eigenvalue weighted by Crippen LogP contribution is -2.55. The molecule has 2 aliphatic rings. The van der Waals surface area contributed by atoms with Gasteiger partial charge in [-0.2, -0.15) is 0 Å². The van der Waals surface area contributed by atoms with Crippen LogP contribution in [0.25, 0.3) is 0 Å². The lowest BCUT2D eigenvalue weighted by Gasteiger charge is -2.38. The summed E-state index contributed by atoms with van der Waals surface area (Å²) in [4.78, 5) is 14.9. The molecule has 5 heteroatoms. The predicted octanol–water partition coefficient (Wildman–Crippen LogP) is 2.22. The maximum Gasteiger partial charge on any atom is 0.254 e. The Morgan fingerprint density at radius 2 is 1.75 bits per heavy atom. The molecule has 0 aliphatic carbocycles. The number of methoxy groups -OCH3 is 1. The van der Waals surface area contributed by atoms with Crippen molar-refractivity contribution >= 4 is 18.3 Å². The largest absolute Gasteiger partial charge is 0.368 e. The van der Waals surface area contributed by atoms with E-state index in [0.717, 1.165) is 51.9 Å². The minimum atomic E-state index is -0.570. The number of nitrogens with zero attached hydrogens (tertiary/aromatic N) is 1. The highest BCUT2D eigenvalue weighted by atomic mass is 35.5. The number of carbonyl (C=O) groups is 1. The van der Waals surface area contributed by atoms with Crippen LogP contribution in [0.1, 0.15) is 46.0 Å². The molecule has 2 saturated heterocycles. The smallest absolute Gasteiger partial charge is 0.254 e. The van der Waals surface area contributed by atoms with Crippen LogP contribution in [0.2, 0.25) is 0 Å². The Labute approximate surface area is 129 Å². The minimum absolute atomic E-state index is 0. The third kappa shape index (κ3) is 3.86. The number of carbonyl (C=O) groups excluding carboxylic acids is 1. The van der Waals surface area contributed by atoms with Gasteiger partial charge in [-0.15, -0.1) is 12.4 Å². The molecule has 1 N–H and O–H groups in total. The van der Waals surface area contributed by atoms with E-state index in [0.29, 0.717) is 5.41 Å². The SMILES string of the molecule is COC1(C(=O)N2CCCC(C)(C)CC2)CCNCC1.Cl. The van der Waals surface area contributed by atoms with Gasteiger partial charge in [-0.3, -0.25) is 4.79 Å². The van der Waals surface area contributed by atoms with Gasteiger partial charge in [0.1, 0.15) is 5.60 Å². The van der Waals surface area contributed by atoms with Gasteiger partial charge in [-0.25, -0.2) is 0 Å². The van der Waals surface area contributed by atoms with Crippen LogP contribution in [0.3, 0.4) is 0 Å². The summed E-state index contributed by atoms with van der Waals surface area (Å²) in [5, 5.41) is 3.31. The van der Waals surface area contributed by atoms with E-state index in [-0.39, 0.29) is 18.3 Å². The molecule has 2 rings (SSSR count). The number of nitrogens with one attached hydrogen (secondary N) is 1. The molecule has 0 bridgehead atoms.